The van der Waals surface area contributed by atoms with Crippen molar-refractivity contribution in [2.45, 2.75) is 50.8 Å². The van der Waals surface area contributed by atoms with Crippen LogP contribution in [0.5, 0.6) is 0 Å². The summed E-state index contributed by atoms with van der Waals surface area (Å²) in [4.78, 5) is 23.2. The largest absolute Gasteiger partial charge is 0.372 e. The average molecular weight is 401 g/mol. The zero-order chi connectivity index (χ0) is 20.1. The van der Waals surface area contributed by atoms with Crippen LogP contribution in [0.4, 0.5) is 11.5 Å². The molecule has 1 saturated heterocycles. The van der Waals surface area contributed by atoms with Crippen molar-refractivity contribution in [1.82, 2.24) is 9.97 Å². The Kier molecular flexibility index (Phi) is 6.91. The molecule has 0 aliphatic carbocycles. The maximum absolute atomic E-state index is 12.3. The second-order valence-corrected chi connectivity index (χ2v) is 8.49. The van der Waals surface area contributed by atoms with Crippen LogP contribution in [-0.2, 0) is 9.53 Å². The van der Waals surface area contributed by atoms with Gasteiger partial charge in [-0.15, -0.1) is 0 Å². The van der Waals surface area contributed by atoms with Crippen molar-refractivity contribution < 1.29 is 9.53 Å². The number of nitrogens with one attached hydrogen (secondary N) is 1. The van der Waals surface area contributed by atoms with Crippen molar-refractivity contribution >= 4 is 29.2 Å². The fourth-order valence-electron chi connectivity index (χ4n) is 3.23. The van der Waals surface area contributed by atoms with Crippen molar-refractivity contribution in [3.63, 3.8) is 0 Å². The minimum Gasteiger partial charge on any atom is -0.372 e. The highest BCUT2D eigenvalue weighted by atomic mass is 32.2. The highest BCUT2D eigenvalue weighted by Gasteiger charge is 2.23. The predicted octanol–water partition coefficient (Wildman–Crippen LogP) is 3.94. The van der Waals surface area contributed by atoms with Crippen LogP contribution >= 0.6 is 11.8 Å². The van der Waals surface area contributed by atoms with Gasteiger partial charge in [0.25, 0.3) is 0 Å². The standard InChI is InChI=1S/C21H28N4O2S/c1-14(2)17-5-7-18(8-6-17)24-20(26)12-28-21-9-19(22-13-23-21)25-10-15(3)27-16(4)11-25/h5-9,13-16H,10-12H2,1-4H3,(H,24,26). The minimum absolute atomic E-state index is 0.0453. The lowest BCUT2D eigenvalue weighted by molar-refractivity contribution is -0.113. The number of carbonyl (C=O) groups is 1. The Hall–Kier alpha value is -2.12. The molecule has 28 heavy (non-hydrogen) atoms. The van der Waals surface area contributed by atoms with E-state index in [4.69, 9.17) is 4.74 Å². The number of ether oxygens (including phenoxy) is 1. The second-order valence-electron chi connectivity index (χ2n) is 7.49. The summed E-state index contributed by atoms with van der Waals surface area (Å²) >= 11 is 1.41. The van der Waals surface area contributed by atoms with Gasteiger partial charge in [0.05, 0.1) is 18.0 Å². The molecule has 1 aromatic carbocycles. The van der Waals surface area contributed by atoms with Gasteiger partial charge in [-0.05, 0) is 37.5 Å². The maximum atomic E-state index is 12.3. The Morgan fingerprint density at radius 2 is 1.89 bits per heavy atom. The zero-order valence-corrected chi connectivity index (χ0v) is 17.7. The van der Waals surface area contributed by atoms with E-state index in [9.17, 15) is 4.79 Å². The van der Waals surface area contributed by atoms with Gasteiger partial charge in [-0.25, -0.2) is 9.97 Å². The van der Waals surface area contributed by atoms with E-state index >= 15 is 0 Å². The molecular weight excluding hydrogens is 372 g/mol. The van der Waals surface area contributed by atoms with Gasteiger partial charge in [0.15, 0.2) is 0 Å². The number of benzene rings is 1. The molecule has 0 spiro atoms. The SMILES string of the molecule is CC1CN(c2cc(SCC(=O)Nc3ccc(C(C)C)cc3)ncn2)CC(C)O1. The van der Waals surface area contributed by atoms with Crippen molar-refractivity contribution in [2.24, 2.45) is 0 Å². The molecule has 3 rings (SSSR count). The number of amides is 1. The van der Waals surface area contributed by atoms with E-state index < -0.39 is 0 Å². The molecule has 1 aromatic heterocycles. The third-order valence-electron chi connectivity index (χ3n) is 4.58. The molecule has 2 unspecified atom stereocenters. The van der Waals surface area contributed by atoms with Crippen LogP contribution in [0.3, 0.4) is 0 Å². The molecule has 1 N–H and O–H groups in total. The molecule has 0 saturated carbocycles. The molecule has 2 atom stereocenters. The van der Waals surface area contributed by atoms with Crippen LogP contribution in [0.15, 0.2) is 41.7 Å². The van der Waals surface area contributed by atoms with E-state index in [1.165, 1.54) is 17.3 Å². The molecule has 1 aliphatic rings. The van der Waals surface area contributed by atoms with Crippen LogP contribution in [0.25, 0.3) is 0 Å². The summed E-state index contributed by atoms with van der Waals surface area (Å²) < 4.78 is 5.78. The van der Waals surface area contributed by atoms with Gasteiger partial charge in [-0.3, -0.25) is 4.79 Å². The van der Waals surface area contributed by atoms with Crippen molar-refractivity contribution in [1.29, 1.82) is 0 Å². The highest BCUT2D eigenvalue weighted by Crippen LogP contribution is 2.23. The molecule has 1 fully saturated rings. The molecule has 1 aliphatic heterocycles. The lowest BCUT2D eigenvalue weighted by Crippen LogP contribution is -2.45. The van der Waals surface area contributed by atoms with Gasteiger partial charge >= 0.3 is 0 Å². The maximum Gasteiger partial charge on any atom is 0.234 e. The van der Waals surface area contributed by atoms with E-state index in [0.717, 1.165) is 29.6 Å². The third kappa shape index (κ3) is 5.69. The average Bonchev–Trinajstić information content (AvgIpc) is 2.66. The molecule has 6 nitrogen and oxygen atoms in total. The van der Waals surface area contributed by atoms with Crippen LogP contribution in [0.1, 0.15) is 39.2 Å². The van der Waals surface area contributed by atoms with Crippen molar-refractivity contribution in [3.8, 4) is 0 Å². The van der Waals surface area contributed by atoms with Crippen LogP contribution in [-0.4, -0.2) is 46.9 Å². The number of morpholine rings is 1. The smallest absolute Gasteiger partial charge is 0.234 e. The predicted molar refractivity (Wildman–Crippen MR) is 114 cm³/mol. The van der Waals surface area contributed by atoms with Crippen LogP contribution in [0, 0.1) is 0 Å². The fraction of sp³-hybridized carbons (Fsp3) is 0.476. The zero-order valence-electron chi connectivity index (χ0n) is 16.9. The monoisotopic (exact) mass is 400 g/mol. The number of nitrogens with zero attached hydrogens (tertiary/aromatic N) is 3. The molecule has 2 aromatic rings. The number of rotatable bonds is 6. The quantitative estimate of drug-likeness (QED) is 0.585. The van der Waals surface area contributed by atoms with Gasteiger partial charge < -0.3 is 15.0 Å². The first-order valence-electron chi connectivity index (χ1n) is 9.65. The topological polar surface area (TPSA) is 67.4 Å². The first-order chi connectivity index (χ1) is 13.4. The highest BCUT2D eigenvalue weighted by molar-refractivity contribution is 7.99. The number of aromatic nitrogens is 2. The lowest BCUT2D eigenvalue weighted by Gasteiger charge is -2.36. The normalized spacial score (nSPS) is 19.7. The van der Waals surface area contributed by atoms with E-state index in [0.29, 0.717) is 11.7 Å². The number of carbonyl (C=O) groups excluding carboxylic acids is 1. The molecule has 0 bridgehead atoms. The Bertz CT molecular complexity index is 787. The first kappa shape index (κ1) is 20.6. The van der Waals surface area contributed by atoms with Gasteiger partial charge in [0, 0.05) is 24.8 Å². The van der Waals surface area contributed by atoms with Gasteiger partial charge in [0.2, 0.25) is 5.91 Å². The summed E-state index contributed by atoms with van der Waals surface area (Å²) in [7, 11) is 0. The fourth-order valence-corrected chi connectivity index (χ4v) is 3.90. The lowest BCUT2D eigenvalue weighted by atomic mass is 10.0. The van der Waals surface area contributed by atoms with E-state index in [1.807, 2.05) is 18.2 Å². The summed E-state index contributed by atoms with van der Waals surface area (Å²) in [5.41, 5.74) is 2.07. The molecule has 2 heterocycles. The number of hydrogen-bond acceptors (Lipinski definition) is 6. The summed E-state index contributed by atoms with van der Waals surface area (Å²) in [6.45, 7) is 10.0. The first-order valence-corrected chi connectivity index (χ1v) is 10.6. The summed E-state index contributed by atoms with van der Waals surface area (Å²) in [6.07, 6.45) is 1.90. The Labute approximate surface area is 171 Å². The van der Waals surface area contributed by atoms with Crippen LogP contribution in [0.2, 0.25) is 0 Å². The van der Waals surface area contributed by atoms with Gasteiger partial charge in [-0.2, -0.15) is 0 Å². The van der Waals surface area contributed by atoms with Crippen molar-refractivity contribution in [2.75, 3.05) is 29.1 Å². The minimum atomic E-state index is -0.0453. The third-order valence-corrected chi connectivity index (χ3v) is 5.51. The van der Waals surface area contributed by atoms with E-state index in [2.05, 4.69) is 60.0 Å². The number of hydrogen-bond donors (Lipinski definition) is 1. The van der Waals surface area contributed by atoms with Gasteiger partial charge in [-0.1, -0.05) is 37.7 Å². The summed E-state index contributed by atoms with van der Waals surface area (Å²) in [5, 5.41) is 3.73. The molecule has 0 radical (unpaired) electrons. The Morgan fingerprint density at radius 3 is 2.54 bits per heavy atom. The van der Waals surface area contributed by atoms with E-state index in [-0.39, 0.29) is 18.1 Å². The van der Waals surface area contributed by atoms with Crippen molar-refractivity contribution in [3.05, 3.63) is 42.2 Å². The van der Waals surface area contributed by atoms with Crippen LogP contribution < -0.4 is 10.2 Å². The van der Waals surface area contributed by atoms with E-state index in [1.54, 1.807) is 6.33 Å². The number of thioether (sulfide) groups is 1. The molecule has 150 valence electrons. The Morgan fingerprint density at radius 1 is 1.21 bits per heavy atom. The number of anilines is 2. The molecular formula is C21H28N4O2S. The molecule has 7 heteroatoms. The molecule has 1 amide bonds. The van der Waals surface area contributed by atoms with Gasteiger partial charge in [0.1, 0.15) is 17.2 Å². The summed E-state index contributed by atoms with van der Waals surface area (Å²) in [5.74, 6) is 1.61. The summed E-state index contributed by atoms with van der Waals surface area (Å²) in [6, 6.07) is 9.94. The Balaban J connectivity index is 1.55. The second kappa shape index (κ2) is 9.39.